The number of aromatic amines is 1. The maximum absolute atomic E-state index is 12.4. The quantitative estimate of drug-likeness (QED) is 0.591. The van der Waals surface area contributed by atoms with E-state index in [2.05, 4.69) is 11.9 Å². The monoisotopic (exact) mass is 294 g/mol. The molecule has 0 fully saturated rings. The molecule has 0 saturated carbocycles. The van der Waals surface area contributed by atoms with Crippen molar-refractivity contribution in [1.82, 2.24) is 9.88 Å². The predicted octanol–water partition coefficient (Wildman–Crippen LogP) is 2.72. The van der Waals surface area contributed by atoms with Gasteiger partial charge in [-0.2, -0.15) is 0 Å². The van der Waals surface area contributed by atoms with Crippen LogP contribution in [0.25, 0.3) is 0 Å². The molecule has 0 spiro atoms. The van der Waals surface area contributed by atoms with Gasteiger partial charge in [0.15, 0.2) is 5.78 Å². The lowest BCUT2D eigenvalue weighted by Gasteiger charge is -2.14. The highest BCUT2D eigenvalue weighted by atomic mass is 16.5. The highest BCUT2D eigenvalue weighted by Gasteiger charge is 2.23. The van der Waals surface area contributed by atoms with E-state index in [9.17, 15) is 9.59 Å². The van der Waals surface area contributed by atoms with Gasteiger partial charge in [0.25, 0.3) is 0 Å². The summed E-state index contributed by atoms with van der Waals surface area (Å²) in [6.45, 7) is 9.04. The van der Waals surface area contributed by atoms with Gasteiger partial charge in [-0.05, 0) is 46.3 Å². The molecule has 0 bridgehead atoms. The number of hydrogen-bond acceptors (Lipinski definition) is 4. The van der Waals surface area contributed by atoms with Crippen molar-refractivity contribution in [3.8, 4) is 0 Å². The molecule has 0 aliphatic heterocycles. The number of esters is 1. The molecule has 1 heterocycles. The number of likely N-dealkylation sites (N-methyl/N-ethyl adjacent to an activating group) is 1. The van der Waals surface area contributed by atoms with Crippen LogP contribution in [0.3, 0.4) is 0 Å². The van der Waals surface area contributed by atoms with Crippen molar-refractivity contribution in [1.29, 1.82) is 0 Å². The Morgan fingerprint density at radius 2 is 1.90 bits per heavy atom. The minimum Gasteiger partial charge on any atom is -0.462 e. The van der Waals surface area contributed by atoms with E-state index in [1.807, 2.05) is 11.9 Å². The van der Waals surface area contributed by atoms with Gasteiger partial charge in [0, 0.05) is 5.69 Å². The molecule has 5 nitrogen and oxygen atoms in total. The zero-order valence-electron chi connectivity index (χ0n) is 13.7. The number of ketones is 1. The van der Waals surface area contributed by atoms with Gasteiger partial charge in [0.1, 0.15) is 0 Å². The number of H-pyrrole nitrogens is 1. The van der Waals surface area contributed by atoms with Crippen molar-refractivity contribution >= 4 is 11.8 Å². The number of aryl methyl sites for hydroxylation is 1. The Labute approximate surface area is 126 Å². The first kappa shape index (κ1) is 17.4. The Balaban J connectivity index is 2.87. The van der Waals surface area contributed by atoms with Gasteiger partial charge < -0.3 is 9.72 Å². The van der Waals surface area contributed by atoms with Gasteiger partial charge >= 0.3 is 5.97 Å². The van der Waals surface area contributed by atoms with Crippen LogP contribution in [0.15, 0.2) is 0 Å². The largest absolute Gasteiger partial charge is 0.462 e. The second kappa shape index (κ2) is 7.98. The van der Waals surface area contributed by atoms with E-state index in [1.165, 1.54) is 0 Å². The standard InChI is InChI=1S/C16H26N2O3/c1-6-8-9-18(5)10-13(19)15-11(3)14(12(4)17-15)16(20)21-7-2/h17H,6-10H2,1-5H3. The second-order valence-corrected chi connectivity index (χ2v) is 5.36. The van der Waals surface area contributed by atoms with E-state index in [0.717, 1.165) is 19.4 Å². The number of nitrogens with one attached hydrogen (secondary N) is 1. The topological polar surface area (TPSA) is 62.4 Å². The molecule has 0 aromatic carbocycles. The van der Waals surface area contributed by atoms with Crippen molar-refractivity contribution in [3.63, 3.8) is 0 Å². The van der Waals surface area contributed by atoms with Crippen LogP contribution in [0.2, 0.25) is 0 Å². The molecular weight excluding hydrogens is 268 g/mol. The molecule has 1 N–H and O–H groups in total. The Hall–Kier alpha value is -1.62. The van der Waals surface area contributed by atoms with Crippen molar-refractivity contribution in [3.05, 3.63) is 22.5 Å². The lowest BCUT2D eigenvalue weighted by Crippen LogP contribution is -2.27. The van der Waals surface area contributed by atoms with Gasteiger partial charge in [0.2, 0.25) is 0 Å². The van der Waals surface area contributed by atoms with Gasteiger partial charge in [-0.15, -0.1) is 0 Å². The summed E-state index contributed by atoms with van der Waals surface area (Å²) in [4.78, 5) is 29.3. The smallest absolute Gasteiger partial charge is 0.340 e. The second-order valence-electron chi connectivity index (χ2n) is 5.36. The molecule has 1 rings (SSSR count). The number of ether oxygens (including phenoxy) is 1. The van der Waals surface area contributed by atoms with Crippen molar-refractivity contribution in [2.24, 2.45) is 0 Å². The summed E-state index contributed by atoms with van der Waals surface area (Å²) in [5.74, 6) is -0.369. The highest BCUT2D eigenvalue weighted by Crippen LogP contribution is 2.19. The Bertz CT molecular complexity index is 506. The van der Waals surface area contributed by atoms with E-state index in [-0.39, 0.29) is 11.8 Å². The summed E-state index contributed by atoms with van der Waals surface area (Å²) < 4.78 is 5.04. The molecule has 118 valence electrons. The Morgan fingerprint density at radius 3 is 2.48 bits per heavy atom. The zero-order valence-corrected chi connectivity index (χ0v) is 13.7. The number of aromatic nitrogens is 1. The fourth-order valence-electron chi connectivity index (χ4n) is 2.37. The van der Waals surface area contributed by atoms with E-state index >= 15 is 0 Å². The molecule has 1 aromatic rings. The van der Waals surface area contributed by atoms with E-state index < -0.39 is 0 Å². The average molecular weight is 294 g/mol. The maximum Gasteiger partial charge on any atom is 0.340 e. The fourth-order valence-corrected chi connectivity index (χ4v) is 2.37. The minimum atomic E-state index is -0.373. The first-order valence-electron chi connectivity index (χ1n) is 7.50. The van der Waals surface area contributed by atoms with Gasteiger partial charge in [-0.25, -0.2) is 4.79 Å². The minimum absolute atomic E-state index is 0.00440. The molecular formula is C16H26N2O3. The van der Waals surface area contributed by atoms with Crippen LogP contribution in [0.4, 0.5) is 0 Å². The molecule has 0 saturated heterocycles. The SMILES string of the molecule is CCCCN(C)CC(=O)c1[nH]c(C)c(C(=O)OCC)c1C. The highest BCUT2D eigenvalue weighted by molar-refractivity contribution is 6.02. The van der Waals surface area contributed by atoms with Gasteiger partial charge in [-0.1, -0.05) is 13.3 Å². The van der Waals surface area contributed by atoms with Crippen LogP contribution in [-0.4, -0.2) is 48.4 Å². The number of carbonyl (C=O) groups is 2. The van der Waals surface area contributed by atoms with Crippen LogP contribution in [-0.2, 0) is 4.74 Å². The number of carbonyl (C=O) groups excluding carboxylic acids is 2. The zero-order chi connectivity index (χ0) is 16.0. The number of Topliss-reactive ketones (excluding diaryl/α,β-unsaturated/α-hetero) is 1. The summed E-state index contributed by atoms with van der Waals surface area (Å²) in [6, 6.07) is 0. The van der Waals surface area contributed by atoms with Crippen LogP contribution < -0.4 is 0 Å². The van der Waals surface area contributed by atoms with Crippen LogP contribution in [0.5, 0.6) is 0 Å². The summed E-state index contributed by atoms with van der Waals surface area (Å²) >= 11 is 0. The summed E-state index contributed by atoms with van der Waals surface area (Å²) in [5.41, 5.74) is 2.36. The third-order valence-corrected chi connectivity index (χ3v) is 3.50. The van der Waals surface area contributed by atoms with Crippen LogP contribution in [0.1, 0.15) is 58.8 Å². The van der Waals surface area contributed by atoms with E-state index in [0.29, 0.717) is 35.7 Å². The van der Waals surface area contributed by atoms with Crippen LogP contribution >= 0.6 is 0 Å². The maximum atomic E-state index is 12.4. The Morgan fingerprint density at radius 1 is 1.24 bits per heavy atom. The molecule has 0 radical (unpaired) electrons. The number of nitrogens with zero attached hydrogens (tertiary/aromatic N) is 1. The molecule has 0 atom stereocenters. The lowest BCUT2D eigenvalue weighted by molar-refractivity contribution is 0.0525. The molecule has 5 heteroatoms. The van der Waals surface area contributed by atoms with Gasteiger partial charge in [0.05, 0.1) is 24.4 Å². The fraction of sp³-hybridized carbons (Fsp3) is 0.625. The predicted molar refractivity (Wildman–Crippen MR) is 83.0 cm³/mol. The molecule has 0 aliphatic rings. The summed E-state index contributed by atoms with van der Waals surface area (Å²) in [7, 11) is 1.94. The number of unbranched alkanes of at least 4 members (excludes halogenated alkanes) is 1. The molecule has 21 heavy (non-hydrogen) atoms. The third-order valence-electron chi connectivity index (χ3n) is 3.50. The van der Waals surface area contributed by atoms with E-state index in [4.69, 9.17) is 4.74 Å². The molecule has 0 unspecified atom stereocenters. The lowest BCUT2D eigenvalue weighted by atomic mass is 10.1. The average Bonchev–Trinajstić information content (AvgIpc) is 2.72. The van der Waals surface area contributed by atoms with Crippen molar-refractivity contribution in [2.45, 2.75) is 40.5 Å². The molecule has 0 aliphatic carbocycles. The van der Waals surface area contributed by atoms with Crippen molar-refractivity contribution in [2.75, 3.05) is 26.7 Å². The van der Waals surface area contributed by atoms with Crippen molar-refractivity contribution < 1.29 is 14.3 Å². The van der Waals surface area contributed by atoms with Crippen LogP contribution in [0, 0.1) is 13.8 Å². The normalized spacial score (nSPS) is 11.0. The molecule has 1 aromatic heterocycles. The Kier molecular flexibility index (Phi) is 6.62. The number of rotatable bonds is 8. The molecule has 0 amide bonds. The first-order valence-corrected chi connectivity index (χ1v) is 7.50. The van der Waals surface area contributed by atoms with Gasteiger partial charge in [-0.3, -0.25) is 9.69 Å². The summed E-state index contributed by atoms with van der Waals surface area (Å²) in [5, 5.41) is 0. The summed E-state index contributed by atoms with van der Waals surface area (Å²) in [6.07, 6.45) is 2.17. The third kappa shape index (κ3) is 4.43. The first-order chi connectivity index (χ1) is 9.92. The van der Waals surface area contributed by atoms with E-state index in [1.54, 1.807) is 20.8 Å². The number of hydrogen-bond donors (Lipinski definition) is 1.